The van der Waals surface area contributed by atoms with Gasteiger partial charge in [-0.15, -0.1) is 0 Å². The van der Waals surface area contributed by atoms with Crippen molar-refractivity contribution in [2.75, 3.05) is 5.32 Å². The molecule has 2 aromatic rings. The average Bonchev–Trinajstić information content (AvgIpc) is 2.53. The van der Waals surface area contributed by atoms with Crippen molar-refractivity contribution in [1.29, 1.82) is 5.26 Å². The maximum atomic E-state index is 8.90. The molecule has 0 saturated carbocycles. The van der Waals surface area contributed by atoms with E-state index in [1.807, 2.05) is 12.1 Å². The number of nitrogens with zero attached hydrogens (tertiary/aromatic N) is 1. The Hall–Kier alpha value is -1.98. The first-order valence-corrected chi connectivity index (χ1v) is 7.63. The summed E-state index contributed by atoms with van der Waals surface area (Å²) >= 11 is 6.26. The molecule has 0 aliphatic rings. The van der Waals surface area contributed by atoms with Crippen molar-refractivity contribution in [3.8, 4) is 6.07 Å². The zero-order valence-electron chi connectivity index (χ0n) is 12.1. The van der Waals surface area contributed by atoms with Crippen molar-refractivity contribution < 1.29 is 0 Å². The lowest BCUT2D eigenvalue weighted by atomic mass is 10.0. The van der Waals surface area contributed by atoms with Gasteiger partial charge in [-0.2, -0.15) is 5.26 Å². The lowest BCUT2D eigenvalue weighted by Crippen LogP contribution is -2.11. The Morgan fingerprint density at radius 2 is 1.95 bits per heavy atom. The Bertz CT molecular complexity index is 617. The highest BCUT2D eigenvalue weighted by atomic mass is 35.5. The molecule has 3 heteroatoms. The summed E-state index contributed by atoms with van der Waals surface area (Å²) < 4.78 is 0. The Morgan fingerprint density at radius 1 is 1.19 bits per heavy atom. The standard InChI is InChI=1S/C18H19ClN2/c1-2-3-9-17(15-7-5-4-6-8-15)21-18-11-10-14(13-20)12-16(18)19/h4-8,10-12,17,21H,2-3,9H2,1H3. The number of halogens is 1. The van der Waals surface area contributed by atoms with E-state index in [0.717, 1.165) is 24.9 Å². The maximum Gasteiger partial charge on any atom is 0.0992 e. The second-order valence-electron chi connectivity index (χ2n) is 5.06. The number of nitriles is 1. The number of rotatable bonds is 6. The highest BCUT2D eigenvalue weighted by molar-refractivity contribution is 6.33. The van der Waals surface area contributed by atoms with Crippen LogP contribution in [-0.4, -0.2) is 0 Å². The van der Waals surface area contributed by atoms with Crippen LogP contribution in [0.2, 0.25) is 5.02 Å². The van der Waals surface area contributed by atoms with E-state index in [2.05, 4.69) is 42.6 Å². The SMILES string of the molecule is CCCCC(Nc1ccc(C#N)cc1Cl)c1ccccc1. The minimum atomic E-state index is 0.233. The summed E-state index contributed by atoms with van der Waals surface area (Å²) in [5.74, 6) is 0. The van der Waals surface area contributed by atoms with E-state index in [1.165, 1.54) is 5.56 Å². The first-order chi connectivity index (χ1) is 10.2. The maximum absolute atomic E-state index is 8.90. The lowest BCUT2D eigenvalue weighted by molar-refractivity contribution is 0.634. The van der Waals surface area contributed by atoms with Crippen molar-refractivity contribution in [3.05, 3.63) is 64.7 Å². The Kier molecular flexibility index (Phi) is 5.66. The van der Waals surface area contributed by atoms with Gasteiger partial charge in [-0.25, -0.2) is 0 Å². The molecule has 0 radical (unpaired) electrons. The van der Waals surface area contributed by atoms with Crippen LogP contribution in [0.5, 0.6) is 0 Å². The molecular weight excluding hydrogens is 280 g/mol. The number of anilines is 1. The zero-order chi connectivity index (χ0) is 15.1. The summed E-state index contributed by atoms with van der Waals surface area (Å²) in [5.41, 5.74) is 2.71. The van der Waals surface area contributed by atoms with Crippen LogP contribution in [0.15, 0.2) is 48.5 Å². The largest absolute Gasteiger partial charge is 0.377 e. The number of unbranched alkanes of at least 4 members (excludes halogenated alkanes) is 1. The van der Waals surface area contributed by atoms with Crippen LogP contribution in [0.3, 0.4) is 0 Å². The molecule has 0 aliphatic heterocycles. The summed E-state index contributed by atoms with van der Waals surface area (Å²) in [6.45, 7) is 2.19. The predicted octanol–water partition coefficient (Wildman–Crippen LogP) is 5.56. The first kappa shape index (κ1) is 15.4. The fourth-order valence-corrected chi connectivity index (χ4v) is 2.54. The number of nitrogens with one attached hydrogen (secondary N) is 1. The summed E-state index contributed by atoms with van der Waals surface area (Å²) in [6.07, 6.45) is 3.36. The van der Waals surface area contributed by atoms with Crippen molar-refractivity contribution in [2.24, 2.45) is 0 Å². The normalized spacial score (nSPS) is 11.7. The molecule has 0 spiro atoms. The van der Waals surface area contributed by atoms with Crippen LogP contribution < -0.4 is 5.32 Å². The lowest BCUT2D eigenvalue weighted by Gasteiger charge is -2.21. The summed E-state index contributed by atoms with van der Waals surface area (Å²) in [6, 6.07) is 18.1. The smallest absolute Gasteiger partial charge is 0.0992 e. The molecule has 0 amide bonds. The zero-order valence-corrected chi connectivity index (χ0v) is 12.9. The van der Waals surface area contributed by atoms with Crippen LogP contribution in [-0.2, 0) is 0 Å². The van der Waals surface area contributed by atoms with Gasteiger partial charge >= 0.3 is 0 Å². The van der Waals surface area contributed by atoms with Gasteiger partial charge in [0.15, 0.2) is 0 Å². The van der Waals surface area contributed by atoms with Gasteiger partial charge in [0.1, 0.15) is 0 Å². The fourth-order valence-electron chi connectivity index (χ4n) is 2.31. The predicted molar refractivity (Wildman–Crippen MR) is 88.5 cm³/mol. The topological polar surface area (TPSA) is 35.8 Å². The third-order valence-corrected chi connectivity index (χ3v) is 3.79. The minimum Gasteiger partial charge on any atom is -0.377 e. The van der Waals surface area contributed by atoms with Gasteiger partial charge < -0.3 is 5.32 Å². The molecule has 1 unspecified atom stereocenters. The molecule has 2 rings (SSSR count). The van der Waals surface area contributed by atoms with Gasteiger partial charge in [-0.3, -0.25) is 0 Å². The highest BCUT2D eigenvalue weighted by Gasteiger charge is 2.12. The number of hydrogen-bond acceptors (Lipinski definition) is 2. The molecule has 0 saturated heterocycles. The van der Waals surface area contributed by atoms with Gasteiger partial charge in [0.05, 0.1) is 28.4 Å². The van der Waals surface area contributed by atoms with Crippen molar-refractivity contribution in [1.82, 2.24) is 0 Å². The van der Waals surface area contributed by atoms with Gasteiger partial charge in [-0.05, 0) is 30.2 Å². The van der Waals surface area contributed by atoms with Gasteiger partial charge in [0.25, 0.3) is 0 Å². The van der Waals surface area contributed by atoms with E-state index < -0.39 is 0 Å². The van der Waals surface area contributed by atoms with E-state index in [1.54, 1.807) is 12.1 Å². The molecule has 21 heavy (non-hydrogen) atoms. The van der Waals surface area contributed by atoms with Crippen molar-refractivity contribution in [2.45, 2.75) is 32.2 Å². The number of hydrogen-bond donors (Lipinski definition) is 1. The van der Waals surface area contributed by atoms with E-state index in [9.17, 15) is 0 Å². The monoisotopic (exact) mass is 298 g/mol. The van der Waals surface area contributed by atoms with E-state index >= 15 is 0 Å². The quantitative estimate of drug-likeness (QED) is 0.758. The Labute approximate surface area is 131 Å². The Balaban J connectivity index is 2.21. The fraction of sp³-hybridized carbons (Fsp3) is 0.278. The van der Waals surface area contributed by atoms with Crippen LogP contribution in [0, 0.1) is 11.3 Å². The molecule has 2 nitrogen and oxygen atoms in total. The molecule has 0 heterocycles. The Morgan fingerprint density at radius 3 is 2.57 bits per heavy atom. The molecule has 2 aromatic carbocycles. The number of benzene rings is 2. The van der Waals surface area contributed by atoms with Crippen LogP contribution in [0.25, 0.3) is 0 Å². The molecule has 0 fully saturated rings. The molecule has 1 N–H and O–H groups in total. The molecule has 0 bridgehead atoms. The third kappa shape index (κ3) is 4.24. The summed E-state index contributed by atoms with van der Waals surface area (Å²) in [5, 5.41) is 13.0. The molecule has 1 atom stereocenters. The van der Waals surface area contributed by atoms with Gasteiger partial charge in [0, 0.05) is 0 Å². The van der Waals surface area contributed by atoms with E-state index in [4.69, 9.17) is 16.9 Å². The molecule has 0 aromatic heterocycles. The average molecular weight is 299 g/mol. The first-order valence-electron chi connectivity index (χ1n) is 7.25. The second kappa shape index (κ2) is 7.71. The van der Waals surface area contributed by atoms with E-state index in [-0.39, 0.29) is 6.04 Å². The minimum absolute atomic E-state index is 0.233. The summed E-state index contributed by atoms with van der Waals surface area (Å²) in [7, 11) is 0. The molecule has 108 valence electrons. The highest BCUT2D eigenvalue weighted by Crippen LogP contribution is 2.29. The molecular formula is C18H19ClN2. The van der Waals surface area contributed by atoms with Crippen molar-refractivity contribution in [3.63, 3.8) is 0 Å². The van der Waals surface area contributed by atoms with Crippen LogP contribution in [0.4, 0.5) is 5.69 Å². The third-order valence-electron chi connectivity index (χ3n) is 3.48. The van der Waals surface area contributed by atoms with Gasteiger partial charge in [0.2, 0.25) is 0 Å². The summed E-state index contributed by atoms with van der Waals surface area (Å²) in [4.78, 5) is 0. The van der Waals surface area contributed by atoms with Crippen molar-refractivity contribution >= 4 is 17.3 Å². The van der Waals surface area contributed by atoms with Gasteiger partial charge in [-0.1, -0.05) is 61.7 Å². The van der Waals surface area contributed by atoms with E-state index in [0.29, 0.717) is 10.6 Å². The second-order valence-corrected chi connectivity index (χ2v) is 5.46. The van der Waals surface area contributed by atoms with Crippen LogP contribution in [0.1, 0.15) is 43.4 Å². The van der Waals surface area contributed by atoms with Crippen LogP contribution >= 0.6 is 11.6 Å². The molecule has 0 aliphatic carbocycles.